The summed E-state index contributed by atoms with van der Waals surface area (Å²) in [5.41, 5.74) is 1.94. The van der Waals surface area contributed by atoms with Crippen LogP contribution in [0.2, 0.25) is 0 Å². The zero-order chi connectivity index (χ0) is 18.0. The zero-order valence-corrected chi connectivity index (χ0v) is 15.9. The van der Waals surface area contributed by atoms with Gasteiger partial charge in [0.05, 0.1) is 5.54 Å². The van der Waals surface area contributed by atoms with E-state index in [2.05, 4.69) is 35.0 Å². The highest BCUT2D eigenvalue weighted by Crippen LogP contribution is 2.45. The van der Waals surface area contributed by atoms with Gasteiger partial charge in [-0.3, -0.25) is 0 Å². The van der Waals surface area contributed by atoms with Gasteiger partial charge in [0.1, 0.15) is 5.84 Å². The Hall–Kier alpha value is -1.44. The second kappa shape index (κ2) is 7.21. The molecular formula is C17H28N4O2S. The van der Waals surface area contributed by atoms with Crippen LogP contribution in [0.1, 0.15) is 33.6 Å². The lowest BCUT2D eigenvalue weighted by atomic mass is 10.1. The second-order valence-corrected chi connectivity index (χ2v) is 8.28. The smallest absolute Gasteiger partial charge is 0.279 e. The number of allylic oxidation sites excluding steroid dienone is 2. The summed E-state index contributed by atoms with van der Waals surface area (Å²) in [6.45, 7) is 11.6. The van der Waals surface area contributed by atoms with Gasteiger partial charge in [0.2, 0.25) is 0 Å². The van der Waals surface area contributed by atoms with Gasteiger partial charge in [-0.25, -0.2) is 9.71 Å². The van der Waals surface area contributed by atoms with E-state index in [-0.39, 0.29) is 5.54 Å². The molecule has 2 fully saturated rings. The Morgan fingerprint density at radius 2 is 1.96 bits per heavy atom. The van der Waals surface area contributed by atoms with Gasteiger partial charge < -0.3 is 4.90 Å². The van der Waals surface area contributed by atoms with Crippen molar-refractivity contribution in [1.29, 1.82) is 0 Å². The first-order valence-corrected chi connectivity index (χ1v) is 9.71. The fourth-order valence-electron chi connectivity index (χ4n) is 3.22. The van der Waals surface area contributed by atoms with Crippen LogP contribution in [0.5, 0.6) is 0 Å². The van der Waals surface area contributed by atoms with Crippen molar-refractivity contribution >= 4 is 16.0 Å². The summed E-state index contributed by atoms with van der Waals surface area (Å²) in [4.78, 5) is 6.70. The van der Waals surface area contributed by atoms with E-state index in [0.29, 0.717) is 19.6 Å². The van der Waals surface area contributed by atoms with Crippen molar-refractivity contribution < 1.29 is 8.42 Å². The lowest BCUT2D eigenvalue weighted by molar-refractivity contribution is 0.175. The molecule has 7 heteroatoms. The number of aliphatic imine (C=N–C) groups is 1. The molecule has 0 aromatic carbocycles. The lowest BCUT2D eigenvalue weighted by Crippen LogP contribution is -2.60. The van der Waals surface area contributed by atoms with Crippen molar-refractivity contribution in [2.45, 2.75) is 39.2 Å². The molecule has 0 radical (unpaired) electrons. The minimum atomic E-state index is -3.40. The van der Waals surface area contributed by atoms with E-state index in [1.165, 1.54) is 12.6 Å². The fourth-order valence-corrected chi connectivity index (χ4v) is 4.51. The topological polar surface area (TPSA) is 65.0 Å². The average Bonchev–Trinajstić information content (AvgIpc) is 3.29. The van der Waals surface area contributed by atoms with Gasteiger partial charge in [-0.15, -0.1) is 0 Å². The molecule has 134 valence electrons. The molecule has 1 aliphatic heterocycles. The molecule has 0 bridgehead atoms. The first-order valence-electron chi connectivity index (χ1n) is 8.27. The maximum Gasteiger partial charge on any atom is 0.279 e. The van der Waals surface area contributed by atoms with Gasteiger partial charge in [0.25, 0.3) is 10.2 Å². The van der Waals surface area contributed by atoms with Crippen molar-refractivity contribution in [1.82, 2.24) is 13.9 Å². The summed E-state index contributed by atoms with van der Waals surface area (Å²) in [5.74, 6) is 0.871. The molecule has 1 N–H and O–H groups in total. The first-order chi connectivity index (χ1) is 11.3. The largest absolute Gasteiger partial charge is 0.353 e. The summed E-state index contributed by atoms with van der Waals surface area (Å²) in [6.07, 6.45) is 7.38. The van der Waals surface area contributed by atoms with Crippen LogP contribution in [0.15, 0.2) is 41.1 Å². The van der Waals surface area contributed by atoms with Crippen LogP contribution >= 0.6 is 0 Å². The SMILES string of the molecule is C=CN=C(C(C=CC)=C(C)C)N1CCN(S(=O)(=O)NC)C2(CC2)C1. The molecule has 0 aromatic heterocycles. The van der Waals surface area contributed by atoms with E-state index in [1.54, 1.807) is 10.5 Å². The van der Waals surface area contributed by atoms with Crippen molar-refractivity contribution in [2.75, 3.05) is 26.7 Å². The highest BCUT2D eigenvalue weighted by atomic mass is 32.2. The number of piperazine rings is 1. The zero-order valence-electron chi connectivity index (χ0n) is 15.0. The second-order valence-electron chi connectivity index (χ2n) is 6.48. The summed E-state index contributed by atoms with van der Waals surface area (Å²) in [5, 5.41) is 0. The highest BCUT2D eigenvalue weighted by molar-refractivity contribution is 7.87. The molecule has 2 aliphatic rings. The van der Waals surface area contributed by atoms with E-state index in [1.807, 2.05) is 19.1 Å². The summed E-state index contributed by atoms with van der Waals surface area (Å²) in [7, 11) is -1.94. The van der Waals surface area contributed by atoms with Crippen LogP contribution in [0, 0.1) is 0 Å². The maximum atomic E-state index is 12.3. The maximum absolute atomic E-state index is 12.3. The summed E-state index contributed by atoms with van der Waals surface area (Å²) < 4.78 is 28.6. The molecule has 1 heterocycles. The third-order valence-electron chi connectivity index (χ3n) is 4.59. The fraction of sp³-hybridized carbons (Fsp3) is 0.588. The third-order valence-corrected chi connectivity index (χ3v) is 6.25. The van der Waals surface area contributed by atoms with Gasteiger partial charge in [-0.05, 0) is 33.6 Å². The molecule has 6 nitrogen and oxygen atoms in total. The van der Waals surface area contributed by atoms with E-state index in [0.717, 1.165) is 24.3 Å². The van der Waals surface area contributed by atoms with Gasteiger partial charge in [0, 0.05) is 38.5 Å². The molecule has 0 amide bonds. The lowest BCUT2D eigenvalue weighted by Gasteiger charge is -2.42. The predicted octanol–water partition coefficient (Wildman–Crippen LogP) is 2.06. The Kier molecular flexibility index (Phi) is 5.67. The molecule has 0 aromatic rings. The van der Waals surface area contributed by atoms with Gasteiger partial charge in [0.15, 0.2) is 0 Å². The van der Waals surface area contributed by atoms with E-state index in [4.69, 9.17) is 0 Å². The number of amidine groups is 1. The molecule has 24 heavy (non-hydrogen) atoms. The van der Waals surface area contributed by atoms with E-state index in [9.17, 15) is 8.42 Å². The monoisotopic (exact) mass is 352 g/mol. The van der Waals surface area contributed by atoms with Crippen molar-refractivity contribution in [3.8, 4) is 0 Å². The Morgan fingerprint density at radius 3 is 2.42 bits per heavy atom. The molecular weight excluding hydrogens is 324 g/mol. The highest BCUT2D eigenvalue weighted by Gasteiger charge is 2.55. The van der Waals surface area contributed by atoms with Crippen LogP contribution < -0.4 is 4.72 Å². The summed E-state index contributed by atoms with van der Waals surface area (Å²) >= 11 is 0. The minimum Gasteiger partial charge on any atom is -0.353 e. The van der Waals surface area contributed by atoms with E-state index < -0.39 is 10.2 Å². The molecule has 1 saturated heterocycles. The Bertz CT molecular complexity index is 683. The number of rotatable bonds is 5. The molecule has 1 spiro atoms. The number of nitrogens with zero attached hydrogens (tertiary/aromatic N) is 3. The Balaban J connectivity index is 2.33. The first kappa shape index (κ1) is 18.9. The average molecular weight is 353 g/mol. The number of hydrogen-bond acceptors (Lipinski definition) is 3. The summed E-state index contributed by atoms with van der Waals surface area (Å²) in [6, 6.07) is 0. The van der Waals surface area contributed by atoms with Crippen LogP contribution in [-0.2, 0) is 10.2 Å². The molecule has 1 saturated carbocycles. The number of nitrogens with one attached hydrogen (secondary N) is 1. The van der Waals surface area contributed by atoms with Crippen molar-refractivity contribution in [3.05, 3.63) is 36.1 Å². The molecule has 0 atom stereocenters. The van der Waals surface area contributed by atoms with Crippen molar-refractivity contribution in [2.24, 2.45) is 4.99 Å². The molecule has 0 unspecified atom stereocenters. The van der Waals surface area contributed by atoms with E-state index >= 15 is 0 Å². The Labute approximate surface area is 145 Å². The van der Waals surface area contributed by atoms with Crippen LogP contribution in [0.4, 0.5) is 0 Å². The molecule has 2 rings (SSSR count). The predicted molar refractivity (Wildman–Crippen MR) is 99.0 cm³/mol. The number of hydrogen-bond donors (Lipinski definition) is 1. The van der Waals surface area contributed by atoms with Crippen LogP contribution in [-0.4, -0.2) is 55.7 Å². The van der Waals surface area contributed by atoms with Gasteiger partial charge in [-0.2, -0.15) is 12.7 Å². The van der Waals surface area contributed by atoms with Crippen LogP contribution in [0.25, 0.3) is 0 Å². The quantitative estimate of drug-likeness (QED) is 0.468. The molecule has 1 aliphatic carbocycles. The third kappa shape index (κ3) is 3.63. The standard InChI is InChI=1S/C17H28N4O2S/c1-6-8-15(14(3)4)16(19-7-2)20-11-12-21(24(22,23)18-5)17(13-20)9-10-17/h6-8,18H,2,9-13H2,1,3-5H3. The minimum absolute atomic E-state index is 0.301. The van der Waals surface area contributed by atoms with Gasteiger partial charge >= 0.3 is 0 Å². The van der Waals surface area contributed by atoms with Crippen molar-refractivity contribution in [3.63, 3.8) is 0 Å². The Morgan fingerprint density at radius 1 is 1.29 bits per heavy atom. The van der Waals surface area contributed by atoms with Gasteiger partial charge in [-0.1, -0.05) is 24.3 Å². The normalized spacial score (nSPS) is 21.3. The van der Waals surface area contributed by atoms with Crippen LogP contribution in [0.3, 0.4) is 0 Å².